The fourth-order valence-electron chi connectivity index (χ4n) is 2.75. The Morgan fingerprint density at radius 2 is 2.04 bits per heavy atom. The molecule has 3 rings (SSSR count). The van der Waals surface area contributed by atoms with Gasteiger partial charge in [0, 0.05) is 30.1 Å². The first-order valence-corrected chi connectivity index (χ1v) is 7.80. The minimum absolute atomic E-state index is 0.124. The number of nitrogens with one attached hydrogen (secondary N) is 2. The van der Waals surface area contributed by atoms with Gasteiger partial charge in [0.1, 0.15) is 11.5 Å². The van der Waals surface area contributed by atoms with Crippen LogP contribution in [-0.2, 0) is 17.9 Å². The van der Waals surface area contributed by atoms with Crippen LogP contribution in [0.15, 0.2) is 47.1 Å². The maximum atomic E-state index is 12.5. The van der Waals surface area contributed by atoms with Crippen LogP contribution in [0.1, 0.15) is 30.1 Å². The standard InChI is InChI=1S/C18H19N3O3/c1-3-21-16-7-6-14(20-12(2)22)9-13(16)10-17(21)18(23)19-11-15-5-4-8-24-15/h4-10H,3,11H2,1-2H3,(H,19,23)(H,20,22). The zero-order chi connectivity index (χ0) is 17.1. The minimum atomic E-state index is -0.162. The number of hydrogen-bond donors (Lipinski definition) is 2. The average molecular weight is 325 g/mol. The van der Waals surface area contributed by atoms with E-state index in [1.54, 1.807) is 12.3 Å². The summed E-state index contributed by atoms with van der Waals surface area (Å²) in [5.41, 5.74) is 2.25. The number of amides is 2. The highest BCUT2D eigenvalue weighted by Crippen LogP contribution is 2.24. The van der Waals surface area contributed by atoms with Gasteiger partial charge in [-0.3, -0.25) is 9.59 Å². The van der Waals surface area contributed by atoms with Gasteiger partial charge in [-0.05, 0) is 43.3 Å². The molecule has 1 aromatic carbocycles. The Morgan fingerprint density at radius 3 is 2.71 bits per heavy atom. The van der Waals surface area contributed by atoms with Gasteiger partial charge in [0.15, 0.2) is 0 Å². The second-order valence-corrected chi connectivity index (χ2v) is 5.49. The monoisotopic (exact) mass is 325 g/mol. The van der Waals surface area contributed by atoms with E-state index in [4.69, 9.17) is 4.42 Å². The lowest BCUT2D eigenvalue weighted by Gasteiger charge is -2.08. The molecule has 2 amide bonds. The van der Waals surface area contributed by atoms with Gasteiger partial charge >= 0.3 is 0 Å². The molecule has 0 aliphatic heterocycles. The first-order valence-electron chi connectivity index (χ1n) is 7.80. The third kappa shape index (κ3) is 3.17. The van der Waals surface area contributed by atoms with E-state index in [2.05, 4.69) is 10.6 Å². The van der Waals surface area contributed by atoms with Gasteiger partial charge in [0.2, 0.25) is 5.91 Å². The maximum Gasteiger partial charge on any atom is 0.268 e. The van der Waals surface area contributed by atoms with Crippen molar-refractivity contribution in [3.8, 4) is 0 Å². The van der Waals surface area contributed by atoms with E-state index >= 15 is 0 Å². The normalized spacial score (nSPS) is 10.8. The number of aromatic nitrogens is 1. The molecule has 0 fully saturated rings. The van der Waals surface area contributed by atoms with Crippen molar-refractivity contribution in [2.24, 2.45) is 0 Å². The molecule has 0 spiro atoms. The number of benzene rings is 1. The van der Waals surface area contributed by atoms with E-state index in [-0.39, 0.29) is 11.8 Å². The largest absolute Gasteiger partial charge is 0.467 e. The van der Waals surface area contributed by atoms with Crippen LogP contribution in [0, 0.1) is 0 Å². The Hall–Kier alpha value is -3.02. The van der Waals surface area contributed by atoms with Gasteiger partial charge in [-0.1, -0.05) is 0 Å². The molecule has 6 heteroatoms. The molecule has 0 saturated heterocycles. The van der Waals surface area contributed by atoms with E-state index in [1.807, 2.05) is 41.8 Å². The summed E-state index contributed by atoms with van der Waals surface area (Å²) in [5, 5.41) is 6.52. The van der Waals surface area contributed by atoms with Crippen LogP contribution in [0.4, 0.5) is 5.69 Å². The van der Waals surface area contributed by atoms with Crippen LogP contribution in [0.25, 0.3) is 10.9 Å². The predicted octanol–water partition coefficient (Wildman–Crippen LogP) is 3.14. The molecule has 0 radical (unpaired) electrons. The van der Waals surface area contributed by atoms with E-state index in [0.29, 0.717) is 30.2 Å². The Kier molecular flexibility index (Phi) is 4.37. The van der Waals surface area contributed by atoms with Crippen LogP contribution >= 0.6 is 0 Å². The minimum Gasteiger partial charge on any atom is -0.467 e. The lowest BCUT2D eigenvalue weighted by molar-refractivity contribution is -0.114. The Labute approximate surface area is 139 Å². The van der Waals surface area contributed by atoms with Crippen LogP contribution in [0.3, 0.4) is 0 Å². The summed E-state index contributed by atoms with van der Waals surface area (Å²) in [5.74, 6) is 0.418. The molecule has 2 heterocycles. The van der Waals surface area contributed by atoms with E-state index in [0.717, 1.165) is 10.9 Å². The number of hydrogen-bond acceptors (Lipinski definition) is 3. The zero-order valence-electron chi connectivity index (χ0n) is 13.6. The number of aryl methyl sites for hydroxylation is 1. The zero-order valence-corrected chi connectivity index (χ0v) is 13.6. The Bertz CT molecular complexity index is 878. The quantitative estimate of drug-likeness (QED) is 0.756. The topological polar surface area (TPSA) is 76.3 Å². The van der Waals surface area contributed by atoms with Crippen molar-refractivity contribution in [2.45, 2.75) is 26.9 Å². The Balaban J connectivity index is 1.88. The molecule has 3 aromatic rings. The summed E-state index contributed by atoms with van der Waals surface area (Å²) < 4.78 is 7.18. The smallest absolute Gasteiger partial charge is 0.268 e. The van der Waals surface area contributed by atoms with Crippen molar-refractivity contribution in [3.05, 3.63) is 54.1 Å². The molecule has 124 valence electrons. The van der Waals surface area contributed by atoms with Crippen molar-refractivity contribution < 1.29 is 14.0 Å². The van der Waals surface area contributed by atoms with Gasteiger partial charge in [0.25, 0.3) is 5.91 Å². The van der Waals surface area contributed by atoms with Gasteiger partial charge in [-0.25, -0.2) is 0 Å². The van der Waals surface area contributed by atoms with Gasteiger partial charge in [-0.15, -0.1) is 0 Å². The molecule has 6 nitrogen and oxygen atoms in total. The van der Waals surface area contributed by atoms with Gasteiger partial charge < -0.3 is 19.6 Å². The molecule has 0 unspecified atom stereocenters. The summed E-state index contributed by atoms with van der Waals surface area (Å²) in [6.07, 6.45) is 1.58. The molecule has 0 bridgehead atoms. The van der Waals surface area contributed by atoms with E-state index in [9.17, 15) is 9.59 Å². The fraction of sp³-hybridized carbons (Fsp3) is 0.222. The van der Waals surface area contributed by atoms with Crippen molar-refractivity contribution in [1.82, 2.24) is 9.88 Å². The maximum absolute atomic E-state index is 12.5. The van der Waals surface area contributed by atoms with Crippen molar-refractivity contribution in [2.75, 3.05) is 5.32 Å². The third-order valence-electron chi connectivity index (χ3n) is 3.77. The first-order chi connectivity index (χ1) is 11.6. The second kappa shape index (κ2) is 6.62. The van der Waals surface area contributed by atoms with E-state index < -0.39 is 0 Å². The number of nitrogens with zero attached hydrogens (tertiary/aromatic N) is 1. The molecule has 0 aliphatic rings. The lowest BCUT2D eigenvalue weighted by Crippen LogP contribution is -2.25. The molecular weight excluding hydrogens is 306 g/mol. The molecule has 2 aromatic heterocycles. The Morgan fingerprint density at radius 1 is 1.21 bits per heavy atom. The van der Waals surface area contributed by atoms with Crippen LogP contribution in [0.2, 0.25) is 0 Å². The van der Waals surface area contributed by atoms with Crippen molar-refractivity contribution in [1.29, 1.82) is 0 Å². The summed E-state index contributed by atoms with van der Waals surface area (Å²) >= 11 is 0. The molecule has 0 saturated carbocycles. The number of furan rings is 1. The number of carbonyl (C=O) groups is 2. The van der Waals surface area contributed by atoms with E-state index in [1.165, 1.54) is 6.92 Å². The molecular formula is C18H19N3O3. The first kappa shape index (κ1) is 15.9. The molecule has 2 N–H and O–H groups in total. The highest BCUT2D eigenvalue weighted by Gasteiger charge is 2.15. The van der Waals surface area contributed by atoms with Crippen molar-refractivity contribution in [3.63, 3.8) is 0 Å². The summed E-state index contributed by atoms with van der Waals surface area (Å²) in [6, 6.07) is 11.0. The average Bonchev–Trinajstić information content (AvgIpc) is 3.18. The summed E-state index contributed by atoms with van der Waals surface area (Å²) in [4.78, 5) is 23.7. The highest BCUT2D eigenvalue weighted by molar-refractivity contribution is 6.00. The molecule has 0 aliphatic carbocycles. The summed E-state index contributed by atoms with van der Waals surface area (Å²) in [7, 11) is 0. The fourth-order valence-corrected chi connectivity index (χ4v) is 2.75. The predicted molar refractivity (Wildman–Crippen MR) is 91.8 cm³/mol. The molecule has 0 atom stereocenters. The lowest BCUT2D eigenvalue weighted by atomic mass is 10.2. The number of anilines is 1. The van der Waals surface area contributed by atoms with Crippen LogP contribution in [0.5, 0.6) is 0 Å². The second-order valence-electron chi connectivity index (χ2n) is 5.49. The number of fused-ring (bicyclic) bond motifs is 1. The van der Waals surface area contributed by atoms with Gasteiger partial charge in [-0.2, -0.15) is 0 Å². The number of carbonyl (C=O) groups excluding carboxylic acids is 2. The summed E-state index contributed by atoms with van der Waals surface area (Å²) in [6.45, 7) is 4.47. The third-order valence-corrected chi connectivity index (χ3v) is 3.77. The van der Waals surface area contributed by atoms with Gasteiger partial charge in [0.05, 0.1) is 12.8 Å². The van der Waals surface area contributed by atoms with Crippen LogP contribution < -0.4 is 10.6 Å². The SMILES string of the molecule is CCn1c(C(=O)NCc2ccco2)cc2cc(NC(C)=O)ccc21. The highest BCUT2D eigenvalue weighted by atomic mass is 16.3. The number of rotatable bonds is 5. The van der Waals surface area contributed by atoms with Crippen LogP contribution in [-0.4, -0.2) is 16.4 Å². The molecule has 24 heavy (non-hydrogen) atoms. The van der Waals surface area contributed by atoms with Crippen molar-refractivity contribution >= 4 is 28.4 Å².